The number of benzene rings is 1. The van der Waals surface area contributed by atoms with E-state index in [-0.39, 0.29) is 19.2 Å². The maximum atomic E-state index is 12.9. The Hall–Kier alpha value is -1.82. The van der Waals surface area contributed by atoms with E-state index in [1.807, 2.05) is 0 Å². The van der Waals surface area contributed by atoms with Crippen LogP contribution >= 0.6 is 13.5 Å². The van der Waals surface area contributed by atoms with Crippen LogP contribution in [0.4, 0.5) is 10.1 Å². The normalized spacial score (nSPS) is 8.81. The highest BCUT2D eigenvalue weighted by Gasteiger charge is 2.11. The van der Waals surface area contributed by atoms with Crippen LogP contribution in [0.2, 0.25) is 0 Å². The van der Waals surface area contributed by atoms with E-state index >= 15 is 0 Å². The fourth-order valence-electron chi connectivity index (χ4n) is 0.960. The van der Waals surface area contributed by atoms with Crippen molar-refractivity contribution in [1.82, 2.24) is 0 Å². The third-order valence-corrected chi connectivity index (χ3v) is 1.65. The van der Waals surface area contributed by atoms with Gasteiger partial charge in [0.25, 0.3) is 0 Å². The molecule has 0 aromatic heterocycles. The van der Waals surface area contributed by atoms with Crippen molar-refractivity contribution in [1.29, 1.82) is 0 Å². The molecule has 1 aromatic rings. The second-order valence-electron chi connectivity index (χ2n) is 2.69. The highest BCUT2D eigenvalue weighted by atomic mass is 32.1. The lowest BCUT2D eigenvalue weighted by Gasteiger charge is -2.03. The molecule has 0 aliphatic rings. The van der Waals surface area contributed by atoms with Gasteiger partial charge in [0.15, 0.2) is 0 Å². The largest absolute Gasteiger partial charge is 0.478 e. The Labute approximate surface area is 98.2 Å². The molecule has 0 saturated carbocycles. The third kappa shape index (κ3) is 3.39. The third-order valence-electron chi connectivity index (χ3n) is 1.65. The molecule has 0 bridgehead atoms. The quantitative estimate of drug-likeness (QED) is 0.795. The van der Waals surface area contributed by atoms with E-state index in [4.69, 9.17) is 5.11 Å². The van der Waals surface area contributed by atoms with E-state index in [9.17, 15) is 14.0 Å². The van der Waals surface area contributed by atoms with Crippen molar-refractivity contribution in [3.8, 4) is 0 Å². The number of anilines is 1. The molecule has 2 N–H and O–H groups in total. The minimum absolute atomic E-state index is 0. The summed E-state index contributed by atoms with van der Waals surface area (Å²) in [4.78, 5) is 21.4. The zero-order chi connectivity index (χ0) is 11.4. The average Bonchev–Trinajstić information content (AvgIpc) is 2.20. The van der Waals surface area contributed by atoms with Gasteiger partial charge in [-0.1, -0.05) is 6.58 Å². The van der Waals surface area contributed by atoms with Crippen LogP contribution in [0.5, 0.6) is 0 Å². The molecule has 4 nitrogen and oxygen atoms in total. The van der Waals surface area contributed by atoms with Gasteiger partial charge in [0, 0.05) is 5.69 Å². The summed E-state index contributed by atoms with van der Waals surface area (Å²) < 4.78 is 12.9. The Balaban J connectivity index is 0.00000225. The summed E-state index contributed by atoms with van der Waals surface area (Å²) in [7, 11) is 0. The monoisotopic (exact) mass is 243 g/mol. The summed E-state index contributed by atoms with van der Waals surface area (Å²) in [6.07, 6.45) is 1.03. The van der Waals surface area contributed by atoms with Crippen molar-refractivity contribution in [3.63, 3.8) is 0 Å². The van der Waals surface area contributed by atoms with E-state index < -0.39 is 23.3 Å². The zero-order valence-corrected chi connectivity index (χ0v) is 9.16. The van der Waals surface area contributed by atoms with Crippen LogP contribution in [0.1, 0.15) is 10.4 Å². The first-order valence-corrected chi connectivity index (χ1v) is 4.01. The molecule has 0 aliphatic heterocycles. The Morgan fingerprint density at radius 3 is 2.56 bits per heavy atom. The van der Waals surface area contributed by atoms with Gasteiger partial charge in [-0.15, -0.1) is 0 Å². The predicted octanol–water partition coefficient (Wildman–Crippen LogP) is 1.76. The fraction of sp³-hybridized carbons (Fsp3) is 0. The number of hydrogen-bond donors (Lipinski definition) is 2. The van der Waals surface area contributed by atoms with Gasteiger partial charge in [-0.2, -0.15) is 13.5 Å². The van der Waals surface area contributed by atoms with Gasteiger partial charge in [-0.3, -0.25) is 4.79 Å². The average molecular weight is 243 g/mol. The first kappa shape index (κ1) is 14.2. The van der Waals surface area contributed by atoms with Crippen molar-refractivity contribution >= 4 is 31.1 Å². The molecule has 0 fully saturated rings. The number of carbonyl (C=O) groups excluding carboxylic acids is 1. The number of amides is 1. The van der Waals surface area contributed by atoms with E-state index in [1.54, 1.807) is 0 Å². The second-order valence-corrected chi connectivity index (χ2v) is 2.69. The molecule has 1 aromatic carbocycles. The molecule has 86 valence electrons. The van der Waals surface area contributed by atoms with Gasteiger partial charge in [0.2, 0.25) is 5.91 Å². The lowest BCUT2D eigenvalue weighted by molar-refractivity contribution is -0.111. The molecule has 0 saturated heterocycles. The zero-order valence-electron chi connectivity index (χ0n) is 8.16. The van der Waals surface area contributed by atoms with Crippen LogP contribution in [0.15, 0.2) is 30.9 Å². The maximum absolute atomic E-state index is 12.9. The molecule has 0 radical (unpaired) electrons. The standard InChI is InChI=1S/C10H8FNO3.H2S/c1-2-9(13)12-6-3-4-8(11)7(5-6)10(14)15;/h2-5H,1H2,(H,12,13)(H,14,15);1H2. The first-order chi connectivity index (χ1) is 7.04. The number of halogens is 1. The Kier molecular flexibility index (Phi) is 5.24. The number of carboxylic acid groups (broad SMARTS) is 1. The van der Waals surface area contributed by atoms with Crippen molar-refractivity contribution in [3.05, 3.63) is 42.2 Å². The Bertz CT molecular complexity index is 434. The molecule has 0 aliphatic carbocycles. The van der Waals surface area contributed by atoms with Gasteiger partial charge >= 0.3 is 5.97 Å². The number of carboxylic acids is 1. The fourth-order valence-corrected chi connectivity index (χ4v) is 0.960. The van der Waals surface area contributed by atoms with E-state index in [0.29, 0.717) is 0 Å². The molecule has 0 unspecified atom stereocenters. The van der Waals surface area contributed by atoms with E-state index in [0.717, 1.165) is 18.2 Å². The molecular weight excluding hydrogens is 233 g/mol. The van der Waals surface area contributed by atoms with Gasteiger partial charge in [-0.25, -0.2) is 9.18 Å². The molecule has 0 atom stereocenters. The van der Waals surface area contributed by atoms with E-state index in [2.05, 4.69) is 11.9 Å². The molecule has 0 heterocycles. The van der Waals surface area contributed by atoms with Crippen LogP contribution in [0.25, 0.3) is 0 Å². The van der Waals surface area contributed by atoms with Crippen LogP contribution in [0, 0.1) is 5.82 Å². The summed E-state index contributed by atoms with van der Waals surface area (Å²) in [5.74, 6) is -2.72. The van der Waals surface area contributed by atoms with Crippen LogP contribution in [-0.2, 0) is 4.79 Å². The maximum Gasteiger partial charge on any atom is 0.338 e. The highest BCUT2D eigenvalue weighted by molar-refractivity contribution is 7.59. The lowest BCUT2D eigenvalue weighted by atomic mass is 10.2. The first-order valence-electron chi connectivity index (χ1n) is 4.01. The number of aromatic carboxylic acids is 1. The summed E-state index contributed by atoms with van der Waals surface area (Å²) in [5.41, 5.74) is -0.282. The minimum atomic E-state index is -1.39. The number of carbonyl (C=O) groups is 2. The topological polar surface area (TPSA) is 66.4 Å². The smallest absolute Gasteiger partial charge is 0.338 e. The van der Waals surface area contributed by atoms with Gasteiger partial charge < -0.3 is 10.4 Å². The van der Waals surface area contributed by atoms with Gasteiger partial charge in [0.1, 0.15) is 5.82 Å². The molecule has 6 heteroatoms. The highest BCUT2D eigenvalue weighted by Crippen LogP contribution is 2.14. The second kappa shape index (κ2) is 5.92. The minimum Gasteiger partial charge on any atom is -0.478 e. The predicted molar refractivity (Wildman–Crippen MR) is 62.6 cm³/mol. The molecule has 16 heavy (non-hydrogen) atoms. The summed E-state index contributed by atoms with van der Waals surface area (Å²) in [6.45, 7) is 3.23. The van der Waals surface area contributed by atoms with Crippen molar-refractivity contribution in [2.45, 2.75) is 0 Å². The molecule has 1 rings (SSSR count). The molecular formula is C10H10FNO3S. The van der Waals surface area contributed by atoms with Crippen molar-refractivity contribution < 1.29 is 19.1 Å². The molecule has 1 amide bonds. The Morgan fingerprint density at radius 2 is 2.06 bits per heavy atom. The lowest BCUT2D eigenvalue weighted by Crippen LogP contribution is -2.09. The summed E-state index contributed by atoms with van der Waals surface area (Å²) >= 11 is 0. The van der Waals surface area contributed by atoms with Crippen molar-refractivity contribution in [2.75, 3.05) is 5.32 Å². The summed E-state index contributed by atoms with van der Waals surface area (Å²) in [5, 5.41) is 10.9. The SMILES string of the molecule is C=CC(=O)Nc1ccc(F)c(C(=O)O)c1.S. The summed E-state index contributed by atoms with van der Waals surface area (Å²) in [6, 6.07) is 3.28. The van der Waals surface area contributed by atoms with Crippen LogP contribution in [0.3, 0.4) is 0 Å². The number of nitrogens with one attached hydrogen (secondary N) is 1. The van der Waals surface area contributed by atoms with E-state index in [1.165, 1.54) is 6.07 Å². The van der Waals surface area contributed by atoms with Gasteiger partial charge in [0.05, 0.1) is 5.56 Å². The molecule has 0 spiro atoms. The van der Waals surface area contributed by atoms with Crippen LogP contribution in [-0.4, -0.2) is 17.0 Å². The van der Waals surface area contributed by atoms with Crippen molar-refractivity contribution in [2.24, 2.45) is 0 Å². The van der Waals surface area contributed by atoms with Gasteiger partial charge in [-0.05, 0) is 24.3 Å². The number of hydrogen-bond acceptors (Lipinski definition) is 2. The number of rotatable bonds is 3. The Morgan fingerprint density at radius 1 is 1.44 bits per heavy atom. The van der Waals surface area contributed by atoms with Crippen LogP contribution < -0.4 is 5.32 Å².